The normalized spacial score (nSPS) is 17.8. The van der Waals surface area contributed by atoms with Crippen molar-refractivity contribution in [3.63, 3.8) is 0 Å². The molecule has 0 saturated heterocycles. The zero-order valence-electron chi connectivity index (χ0n) is 10.1. The van der Waals surface area contributed by atoms with Gasteiger partial charge in [-0.3, -0.25) is 0 Å². The smallest absolute Gasteiger partial charge is 0.121 e. The minimum Gasteiger partial charge on any atom is -0.497 e. The maximum absolute atomic E-state index is 5.55. The predicted octanol–water partition coefficient (Wildman–Crippen LogP) is 3.92. The summed E-state index contributed by atoms with van der Waals surface area (Å²) in [5.74, 6) is 2.33. The average Bonchev–Trinajstić information content (AvgIpc) is 2.16. The topological polar surface area (TPSA) is 9.23 Å². The van der Waals surface area contributed by atoms with E-state index in [-0.39, 0.29) is 0 Å². The van der Waals surface area contributed by atoms with Gasteiger partial charge in [-0.15, -0.1) is 0 Å². The van der Waals surface area contributed by atoms with E-state index in [1.165, 1.54) is 17.6 Å². The van der Waals surface area contributed by atoms with Crippen LogP contribution >= 0.6 is 0 Å². The van der Waals surface area contributed by atoms with Crippen molar-refractivity contribution >= 4 is 0 Å². The minimum atomic E-state index is 0.569. The summed E-state index contributed by atoms with van der Waals surface area (Å²) in [4.78, 5) is 0. The number of hydrogen-bond donors (Lipinski definition) is 0. The van der Waals surface area contributed by atoms with Crippen LogP contribution in [0.25, 0.3) is 0 Å². The third-order valence-electron chi connectivity index (χ3n) is 2.85. The average molecular weight is 194 g/mol. The predicted molar refractivity (Wildman–Crippen MR) is 61.0 cm³/mol. The van der Waals surface area contributed by atoms with Gasteiger partial charge in [-0.1, -0.05) is 33.8 Å². The second-order valence-electron chi connectivity index (χ2n) is 4.57. The molecule has 0 radical (unpaired) electrons. The first-order chi connectivity index (χ1) is 6.57. The van der Waals surface area contributed by atoms with Crippen LogP contribution in [-0.4, -0.2) is 7.11 Å². The second-order valence-corrected chi connectivity index (χ2v) is 4.57. The zero-order valence-corrected chi connectivity index (χ0v) is 10.1. The first-order valence-electron chi connectivity index (χ1n) is 5.55. The summed E-state index contributed by atoms with van der Waals surface area (Å²) in [6.07, 6.45) is 4.67. The highest BCUT2D eigenvalue weighted by atomic mass is 16.5. The molecular formula is C13H22O. The summed E-state index contributed by atoms with van der Waals surface area (Å²) in [6, 6.07) is 0. The summed E-state index contributed by atoms with van der Waals surface area (Å²) < 4.78 is 5.55. The van der Waals surface area contributed by atoms with Crippen molar-refractivity contribution in [1.82, 2.24) is 0 Å². The highest BCUT2D eigenvalue weighted by Crippen LogP contribution is 2.33. The lowest BCUT2D eigenvalue weighted by atomic mass is 9.86. The molecule has 1 aliphatic carbocycles. The van der Waals surface area contributed by atoms with Gasteiger partial charge in [-0.2, -0.15) is 0 Å². The van der Waals surface area contributed by atoms with Gasteiger partial charge in [0.2, 0.25) is 0 Å². The molecule has 0 heterocycles. The summed E-state index contributed by atoms with van der Waals surface area (Å²) in [5, 5.41) is 0. The SMILES string of the molecule is COC1=C(C(C)C)CCC=C1C(C)C. The monoisotopic (exact) mass is 194 g/mol. The second kappa shape index (κ2) is 4.68. The molecule has 1 rings (SSSR count). The van der Waals surface area contributed by atoms with E-state index >= 15 is 0 Å². The molecule has 0 unspecified atom stereocenters. The Balaban J connectivity index is 3.04. The number of hydrogen-bond acceptors (Lipinski definition) is 1. The van der Waals surface area contributed by atoms with E-state index in [1.807, 2.05) is 0 Å². The van der Waals surface area contributed by atoms with Crippen molar-refractivity contribution in [3.8, 4) is 0 Å². The summed E-state index contributed by atoms with van der Waals surface area (Å²) >= 11 is 0. The number of methoxy groups -OCH3 is 1. The van der Waals surface area contributed by atoms with Crippen molar-refractivity contribution in [2.75, 3.05) is 7.11 Å². The highest BCUT2D eigenvalue weighted by Gasteiger charge is 2.20. The summed E-state index contributed by atoms with van der Waals surface area (Å²) in [6.45, 7) is 8.96. The van der Waals surface area contributed by atoms with Crippen molar-refractivity contribution in [3.05, 3.63) is 23.0 Å². The van der Waals surface area contributed by atoms with Crippen LogP contribution in [0.3, 0.4) is 0 Å². The molecule has 0 spiro atoms. The Bertz CT molecular complexity index is 256. The van der Waals surface area contributed by atoms with Gasteiger partial charge in [0.15, 0.2) is 0 Å². The van der Waals surface area contributed by atoms with Gasteiger partial charge in [0.1, 0.15) is 5.76 Å². The van der Waals surface area contributed by atoms with Gasteiger partial charge in [0.05, 0.1) is 7.11 Å². The Hall–Kier alpha value is -0.720. The Morgan fingerprint density at radius 3 is 2.21 bits per heavy atom. The Kier molecular flexibility index (Phi) is 3.79. The zero-order chi connectivity index (χ0) is 10.7. The molecule has 0 aromatic carbocycles. The molecule has 0 bridgehead atoms. The molecule has 1 heteroatoms. The lowest BCUT2D eigenvalue weighted by Gasteiger charge is -2.25. The molecule has 14 heavy (non-hydrogen) atoms. The molecule has 0 aliphatic heterocycles. The molecule has 0 aromatic rings. The molecule has 0 saturated carbocycles. The molecule has 1 nitrogen and oxygen atoms in total. The summed E-state index contributed by atoms with van der Waals surface area (Å²) in [7, 11) is 1.79. The first-order valence-corrected chi connectivity index (χ1v) is 5.55. The van der Waals surface area contributed by atoms with Crippen LogP contribution in [0.15, 0.2) is 23.0 Å². The third kappa shape index (κ3) is 2.20. The van der Waals surface area contributed by atoms with Gasteiger partial charge < -0.3 is 4.74 Å². The van der Waals surface area contributed by atoms with E-state index in [1.54, 1.807) is 7.11 Å². The highest BCUT2D eigenvalue weighted by molar-refractivity contribution is 5.36. The van der Waals surface area contributed by atoms with E-state index in [4.69, 9.17) is 4.74 Å². The van der Waals surface area contributed by atoms with Crippen molar-refractivity contribution < 1.29 is 4.74 Å². The van der Waals surface area contributed by atoms with Gasteiger partial charge >= 0.3 is 0 Å². The van der Waals surface area contributed by atoms with Gasteiger partial charge in [0.25, 0.3) is 0 Å². The van der Waals surface area contributed by atoms with Crippen LogP contribution in [0.2, 0.25) is 0 Å². The van der Waals surface area contributed by atoms with Crippen molar-refractivity contribution in [1.29, 1.82) is 0 Å². The Morgan fingerprint density at radius 2 is 1.79 bits per heavy atom. The fraction of sp³-hybridized carbons (Fsp3) is 0.692. The quantitative estimate of drug-likeness (QED) is 0.661. The fourth-order valence-corrected chi connectivity index (χ4v) is 2.07. The van der Waals surface area contributed by atoms with Gasteiger partial charge in [0, 0.05) is 0 Å². The van der Waals surface area contributed by atoms with E-state index in [2.05, 4.69) is 33.8 Å². The van der Waals surface area contributed by atoms with Crippen LogP contribution in [0.5, 0.6) is 0 Å². The Labute approximate surface area is 87.8 Å². The molecule has 0 atom stereocenters. The summed E-state index contributed by atoms with van der Waals surface area (Å²) in [5.41, 5.74) is 2.88. The van der Waals surface area contributed by atoms with E-state index in [9.17, 15) is 0 Å². The molecule has 0 fully saturated rings. The van der Waals surface area contributed by atoms with Crippen LogP contribution in [-0.2, 0) is 4.74 Å². The van der Waals surface area contributed by atoms with Gasteiger partial charge in [-0.05, 0) is 35.8 Å². The first kappa shape index (κ1) is 11.4. The Morgan fingerprint density at radius 1 is 1.14 bits per heavy atom. The number of rotatable bonds is 3. The largest absolute Gasteiger partial charge is 0.497 e. The standard InChI is InChI=1S/C13H22O/c1-9(2)11-7-6-8-12(10(3)4)13(11)14-5/h7,9-10H,6,8H2,1-5H3. The molecule has 1 aliphatic rings. The lowest BCUT2D eigenvalue weighted by molar-refractivity contribution is 0.280. The van der Waals surface area contributed by atoms with Gasteiger partial charge in [-0.25, -0.2) is 0 Å². The molecular weight excluding hydrogens is 172 g/mol. The van der Waals surface area contributed by atoms with Crippen LogP contribution in [0, 0.1) is 11.8 Å². The number of ether oxygens (including phenoxy) is 1. The fourth-order valence-electron chi connectivity index (χ4n) is 2.07. The molecule has 0 amide bonds. The van der Waals surface area contributed by atoms with E-state index in [0.29, 0.717) is 11.8 Å². The van der Waals surface area contributed by atoms with E-state index in [0.717, 1.165) is 12.2 Å². The maximum Gasteiger partial charge on any atom is 0.121 e. The van der Waals surface area contributed by atoms with Crippen molar-refractivity contribution in [2.45, 2.75) is 40.5 Å². The third-order valence-corrected chi connectivity index (χ3v) is 2.85. The van der Waals surface area contributed by atoms with Crippen molar-refractivity contribution in [2.24, 2.45) is 11.8 Å². The number of allylic oxidation sites excluding steroid dienone is 3. The molecule has 0 N–H and O–H groups in total. The van der Waals surface area contributed by atoms with Crippen LogP contribution in [0.4, 0.5) is 0 Å². The van der Waals surface area contributed by atoms with Crippen LogP contribution in [0.1, 0.15) is 40.5 Å². The maximum atomic E-state index is 5.55. The molecule has 0 aromatic heterocycles. The van der Waals surface area contributed by atoms with E-state index < -0.39 is 0 Å². The lowest BCUT2D eigenvalue weighted by Crippen LogP contribution is -2.11. The molecule has 80 valence electrons. The van der Waals surface area contributed by atoms with Crippen LogP contribution < -0.4 is 0 Å². The minimum absolute atomic E-state index is 0.569.